The van der Waals surface area contributed by atoms with Crippen LogP contribution in [-0.2, 0) is 9.59 Å². The summed E-state index contributed by atoms with van der Waals surface area (Å²) in [4.78, 5) is 38.9. The molecule has 178 valence electrons. The molecule has 1 fully saturated rings. The summed E-state index contributed by atoms with van der Waals surface area (Å²) in [6.07, 6.45) is 1.64. The molecule has 1 heterocycles. The van der Waals surface area contributed by atoms with Crippen molar-refractivity contribution in [1.29, 1.82) is 0 Å². The minimum atomic E-state index is -0.406. The van der Waals surface area contributed by atoms with Crippen molar-refractivity contribution in [2.24, 2.45) is 0 Å². The molecule has 0 radical (unpaired) electrons. The Bertz CT molecular complexity index is 1360. The normalized spacial score (nSPS) is 14.5. The standard InChI is InChI=1S/C26H20BrClN2O4S/c1-15-10-21(27)22(11-16(15)2)29-24(31)14-34-20-8-6-17(7-9-20)12-23-25(32)30(26(33)35-23)19-5-3-4-18(28)13-19/h3-13H,14H2,1-2H3,(H,29,31)/b23-12-. The maximum atomic E-state index is 12.8. The van der Waals surface area contributed by atoms with Gasteiger partial charge in [0, 0.05) is 9.50 Å². The predicted molar refractivity (Wildman–Crippen MR) is 144 cm³/mol. The fourth-order valence-corrected chi connectivity index (χ4v) is 4.91. The van der Waals surface area contributed by atoms with E-state index < -0.39 is 5.91 Å². The molecule has 3 amide bonds. The van der Waals surface area contributed by atoms with Gasteiger partial charge in [-0.15, -0.1) is 0 Å². The van der Waals surface area contributed by atoms with Crippen molar-refractivity contribution in [2.75, 3.05) is 16.8 Å². The fraction of sp³-hybridized carbons (Fsp3) is 0.115. The lowest BCUT2D eigenvalue weighted by molar-refractivity contribution is -0.118. The van der Waals surface area contributed by atoms with Gasteiger partial charge in [-0.1, -0.05) is 29.8 Å². The fourth-order valence-electron chi connectivity index (χ4n) is 3.33. The van der Waals surface area contributed by atoms with E-state index in [4.69, 9.17) is 16.3 Å². The van der Waals surface area contributed by atoms with Gasteiger partial charge in [-0.3, -0.25) is 14.4 Å². The maximum absolute atomic E-state index is 12.8. The third kappa shape index (κ3) is 5.96. The Morgan fingerprint density at radius 2 is 1.80 bits per heavy atom. The van der Waals surface area contributed by atoms with Crippen molar-refractivity contribution in [1.82, 2.24) is 0 Å². The van der Waals surface area contributed by atoms with Gasteiger partial charge in [0.25, 0.3) is 17.1 Å². The summed E-state index contributed by atoms with van der Waals surface area (Å²) in [6, 6.07) is 17.3. The van der Waals surface area contributed by atoms with Crippen LogP contribution in [0.3, 0.4) is 0 Å². The molecule has 0 spiro atoms. The van der Waals surface area contributed by atoms with Crippen molar-refractivity contribution in [3.63, 3.8) is 0 Å². The van der Waals surface area contributed by atoms with Crippen molar-refractivity contribution in [3.05, 3.63) is 91.8 Å². The summed E-state index contributed by atoms with van der Waals surface area (Å²) in [5, 5.41) is 2.89. The molecule has 3 aromatic carbocycles. The van der Waals surface area contributed by atoms with E-state index >= 15 is 0 Å². The molecule has 9 heteroatoms. The topological polar surface area (TPSA) is 75.7 Å². The first-order valence-corrected chi connectivity index (χ1v) is 12.5. The molecular weight excluding hydrogens is 552 g/mol. The Balaban J connectivity index is 1.37. The van der Waals surface area contributed by atoms with Gasteiger partial charge in [-0.25, -0.2) is 4.90 Å². The molecule has 35 heavy (non-hydrogen) atoms. The molecule has 1 aliphatic heterocycles. The number of thioether (sulfide) groups is 1. The van der Waals surface area contributed by atoms with Crippen LogP contribution >= 0.6 is 39.3 Å². The number of amides is 3. The molecule has 0 bridgehead atoms. The van der Waals surface area contributed by atoms with Crippen LogP contribution < -0.4 is 15.0 Å². The Hall–Kier alpha value is -3.07. The lowest BCUT2D eigenvalue weighted by Crippen LogP contribution is -2.27. The summed E-state index contributed by atoms with van der Waals surface area (Å²) < 4.78 is 6.39. The van der Waals surface area contributed by atoms with E-state index in [-0.39, 0.29) is 17.8 Å². The van der Waals surface area contributed by atoms with E-state index in [9.17, 15) is 14.4 Å². The third-order valence-electron chi connectivity index (χ3n) is 5.27. The van der Waals surface area contributed by atoms with Gasteiger partial charge in [0.1, 0.15) is 5.75 Å². The van der Waals surface area contributed by atoms with Crippen molar-refractivity contribution < 1.29 is 19.1 Å². The third-order valence-corrected chi connectivity index (χ3v) is 7.03. The van der Waals surface area contributed by atoms with Crippen molar-refractivity contribution in [2.45, 2.75) is 13.8 Å². The molecule has 1 N–H and O–H groups in total. The molecule has 4 rings (SSSR count). The number of imide groups is 1. The quantitative estimate of drug-likeness (QED) is 0.323. The lowest BCUT2D eigenvalue weighted by atomic mass is 10.1. The molecule has 0 aliphatic carbocycles. The zero-order chi connectivity index (χ0) is 25.1. The first-order chi connectivity index (χ1) is 16.7. The number of halogens is 2. The Labute approximate surface area is 220 Å². The van der Waals surface area contributed by atoms with Crippen LogP contribution in [0, 0.1) is 13.8 Å². The number of ether oxygens (including phenoxy) is 1. The van der Waals surface area contributed by atoms with Crippen LogP contribution in [0.15, 0.2) is 70.0 Å². The highest BCUT2D eigenvalue weighted by Gasteiger charge is 2.36. The molecule has 1 aliphatic rings. The molecule has 6 nitrogen and oxygen atoms in total. The number of rotatable bonds is 6. The molecule has 0 saturated carbocycles. The first kappa shape index (κ1) is 25.0. The number of hydrogen-bond acceptors (Lipinski definition) is 5. The van der Waals surface area contributed by atoms with Crippen LogP contribution in [0.1, 0.15) is 16.7 Å². The van der Waals surface area contributed by atoms with E-state index in [1.54, 1.807) is 54.6 Å². The number of aryl methyl sites for hydroxylation is 2. The van der Waals surface area contributed by atoms with Crippen molar-refractivity contribution in [3.8, 4) is 5.75 Å². The van der Waals surface area contributed by atoms with E-state index in [1.165, 1.54) is 0 Å². The molecule has 0 unspecified atom stereocenters. The van der Waals surface area contributed by atoms with Crippen molar-refractivity contribution >= 4 is 73.8 Å². The van der Waals surface area contributed by atoms with Gasteiger partial charge in [-0.2, -0.15) is 0 Å². The zero-order valence-electron chi connectivity index (χ0n) is 18.8. The second kappa shape index (κ2) is 10.7. The van der Waals surface area contributed by atoms with Gasteiger partial charge >= 0.3 is 0 Å². The number of nitrogens with zero attached hydrogens (tertiary/aromatic N) is 1. The highest BCUT2D eigenvalue weighted by molar-refractivity contribution is 9.10. The van der Waals surface area contributed by atoms with E-state index in [2.05, 4.69) is 21.2 Å². The second-order valence-corrected chi connectivity index (χ2v) is 10.1. The number of carbonyl (C=O) groups excluding carboxylic acids is 3. The average Bonchev–Trinajstić information content (AvgIpc) is 3.09. The van der Waals surface area contributed by atoms with Gasteiger partial charge in [0.15, 0.2) is 6.61 Å². The number of anilines is 2. The highest BCUT2D eigenvalue weighted by atomic mass is 79.9. The van der Waals surface area contributed by atoms with Crippen LogP contribution in [0.2, 0.25) is 5.02 Å². The SMILES string of the molecule is Cc1cc(Br)c(NC(=O)COc2ccc(/C=C3\SC(=O)N(c4cccc(Cl)c4)C3=O)cc2)cc1C. The smallest absolute Gasteiger partial charge is 0.298 e. The Kier molecular flexibility index (Phi) is 7.64. The highest BCUT2D eigenvalue weighted by Crippen LogP contribution is 2.36. The van der Waals surface area contributed by atoms with Gasteiger partial charge in [0.05, 0.1) is 16.3 Å². The Morgan fingerprint density at radius 1 is 1.09 bits per heavy atom. The van der Waals surface area contributed by atoms with Crippen LogP contribution in [0.25, 0.3) is 6.08 Å². The van der Waals surface area contributed by atoms with Crippen LogP contribution in [0.4, 0.5) is 16.2 Å². The number of carbonyl (C=O) groups is 3. The second-order valence-electron chi connectivity index (χ2n) is 7.82. The molecular formula is C26H20BrClN2O4S. The maximum Gasteiger partial charge on any atom is 0.298 e. The van der Waals surface area contributed by atoms with Crippen LogP contribution in [0.5, 0.6) is 5.75 Å². The molecule has 3 aromatic rings. The van der Waals surface area contributed by atoms with E-state index in [0.29, 0.717) is 27.1 Å². The zero-order valence-corrected chi connectivity index (χ0v) is 22.0. The summed E-state index contributed by atoms with van der Waals surface area (Å²) in [7, 11) is 0. The average molecular weight is 572 g/mol. The lowest BCUT2D eigenvalue weighted by Gasteiger charge is -2.12. The minimum absolute atomic E-state index is 0.156. The number of hydrogen-bond donors (Lipinski definition) is 1. The molecule has 1 saturated heterocycles. The summed E-state index contributed by atoms with van der Waals surface area (Å²) in [6.45, 7) is 3.83. The number of benzene rings is 3. The summed E-state index contributed by atoms with van der Waals surface area (Å²) in [5.74, 6) is -0.187. The largest absolute Gasteiger partial charge is 0.484 e. The first-order valence-electron chi connectivity index (χ1n) is 10.5. The van der Waals surface area contributed by atoms with Gasteiger partial charge in [-0.05, 0) is 107 Å². The van der Waals surface area contributed by atoms with Crippen LogP contribution in [-0.4, -0.2) is 23.7 Å². The number of nitrogens with one attached hydrogen (secondary N) is 1. The van der Waals surface area contributed by atoms with E-state index in [1.807, 2.05) is 26.0 Å². The summed E-state index contributed by atoms with van der Waals surface area (Å²) >= 11 is 10.3. The minimum Gasteiger partial charge on any atom is -0.484 e. The predicted octanol–water partition coefficient (Wildman–Crippen LogP) is 6.98. The Morgan fingerprint density at radius 3 is 2.51 bits per heavy atom. The van der Waals surface area contributed by atoms with Gasteiger partial charge < -0.3 is 10.1 Å². The van der Waals surface area contributed by atoms with E-state index in [0.717, 1.165) is 37.8 Å². The molecule has 0 atom stereocenters. The van der Waals surface area contributed by atoms with Gasteiger partial charge in [0.2, 0.25) is 0 Å². The summed E-state index contributed by atoms with van der Waals surface area (Å²) in [5.41, 5.74) is 4.03. The molecule has 0 aromatic heterocycles. The monoisotopic (exact) mass is 570 g/mol.